The molecule has 0 unspecified atom stereocenters. The van der Waals surface area contributed by atoms with E-state index in [4.69, 9.17) is 0 Å². The number of unbranched alkanes of at least 4 members (excludes halogenated alkanes) is 1. The van der Waals surface area contributed by atoms with Gasteiger partial charge in [0.05, 0.1) is 0 Å². The van der Waals surface area contributed by atoms with Crippen LogP contribution in [0, 0.1) is 6.92 Å². The smallest absolute Gasteiger partial charge is 0.277 e. The fraction of sp³-hybridized carbons (Fsp3) is 0.667. The Morgan fingerprint density at radius 2 is 2.21 bits per heavy atom. The summed E-state index contributed by atoms with van der Waals surface area (Å²) in [5, 5.41) is 7.13. The maximum atomic E-state index is 11.7. The van der Waals surface area contributed by atoms with Gasteiger partial charge in [0.2, 0.25) is 0 Å². The summed E-state index contributed by atoms with van der Waals surface area (Å²) >= 11 is 0. The molecular formula is C9H15N3O2. The molecule has 5 nitrogen and oxygen atoms in total. The third kappa shape index (κ3) is 2.31. The van der Waals surface area contributed by atoms with Crippen LogP contribution in [-0.4, -0.2) is 34.7 Å². The molecule has 1 amide bonds. The highest BCUT2D eigenvalue weighted by molar-refractivity contribution is 5.92. The Balaban J connectivity index is 2.61. The molecule has 1 heterocycles. The van der Waals surface area contributed by atoms with Gasteiger partial charge >= 0.3 is 0 Å². The Morgan fingerprint density at radius 1 is 1.50 bits per heavy atom. The van der Waals surface area contributed by atoms with Crippen molar-refractivity contribution in [1.82, 2.24) is 15.2 Å². The van der Waals surface area contributed by atoms with Gasteiger partial charge in [-0.15, -0.1) is 0 Å². The van der Waals surface area contributed by atoms with Gasteiger partial charge in [-0.2, -0.15) is 0 Å². The molecule has 0 atom stereocenters. The van der Waals surface area contributed by atoms with Crippen molar-refractivity contribution in [2.24, 2.45) is 0 Å². The summed E-state index contributed by atoms with van der Waals surface area (Å²) in [6, 6.07) is 0. The van der Waals surface area contributed by atoms with Crippen molar-refractivity contribution in [3.05, 3.63) is 11.4 Å². The van der Waals surface area contributed by atoms with Gasteiger partial charge in [0, 0.05) is 13.6 Å². The first-order chi connectivity index (χ1) is 6.66. The lowest BCUT2D eigenvalue weighted by Gasteiger charge is -2.14. The Bertz CT molecular complexity index is 309. The molecule has 0 saturated carbocycles. The molecule has 0 N–H and O–H groups in total. The summed E-state index contributed by atoms with van der Waals surface area (Å²) in [4.78, 5) is 13.3. The molecule has 1 aromatic rings. The number of aromatic nitrogens is 2. The largest absolute Gasteiger partial charge is 0.340 e. The fourth-order valence-corrected chi connectivity index (χ4v) is 1.10. The molecule has 1 rings (SSSR count). The van der Waals surface area contributed by atoms with Crippen molar-refractivity contribution < 1.29 is 9.42 Å². The van der Waals surface area contributed by atoms with E-state index in [1.54, 1.807) is 18.9 Å². The Hall–Kier alpha value is -1.39. The van der Waals surface area contributed by atoms with E-state index >= 15 is 0 Å². The van der Waals surface area contributed by atoms with Crippen molar-refractivity contribution in [3.63, 3.8) is 0 Å². The van der Waals surface area contributed by atoms with Crippen LogP contribution in [0.3, 0.4) is 0 Å². The van der Waals surface area contributed by atoms with Crippen LogP contribution in [0.2, 0.25) is 0 Å². The molecule has 1 aromatic heterocycles. The number of aryl methyl sites for hydroxylation is 1. The molecule has 14 heavy (non-hydrogen) atoms. The minimum Gasteiger partial charge on any atom is -0.340 e. The van der Waals surface area contributed by atoms with Crippen molar-refractivity contribution in [1.29, 1.82) is 0 Å². The van der Waals surface area contributed by atoms with Crippen molar-refractivity contribution >= 4 is 5.91 Å². The van der Waals surface area contributed by atoms with Crippen LogP contribution in [0.5, 0.6) is 0 Å². The summed E-state index contributed by atoms with van der Waals surface area (Å²) in [6.45, 7) is 4.53. The van der Waals surface area contributed by atoms with Crippen LogP contribution < -0.4 is 0 Å². The molecule has 78 valence electrons. The highest BCUT2D eigenvalue weighted by Crippen LogP contribution is 2.05. The first-order valence-electron chi connectivity index (χ1n) is 4.71. The molecule has 0 radical (unpaired) electrons. The molecular weight excluding hydrogens is 182 g/mol. The lowest BCUT2D eigenvalue weighted by atomic mass is 10.3. The van der Waals surface area contributed by atoms with Crippen molar-refractivity contribution in [2.75, 3.05) is 13.6 Å². The van der Waals surface area contributed by atoms with E-state index in [1.807, 2.05) is 0 Å². The quantitative estimate of drug-likeness (QED) is 0.728. The zero-order chi connectivity index (χ0) is 10.6. The first kappa shape index (κ1) is 10.7. The monoisotopic (exact) mass is 197 g/mol. The maximum Gasteiger partial charge on any atom is 0.277 e. The van der Waals surface area contributed by atoms with E-state index < -0.39 is 0 Å². The van der Waals surface area contributed by atoms with Crippen molar-refractivity contribution in [2.45, 2.75) is 26.7 Å². The van der Waals surface area contributed by atoms with Crippen molar-refractivity contribution in [3.8, 4) is 0 Å². The SMILES string of the molecule is CCCCN(C)C(=O)c1nonc1C. The average Bonchev–Trinajstić information content (AvgIpc) is 2.59. The van der Waals surface area contributed by atoms with Crippen LogP contribution in [0.4, 0.5) is 0 Å². The molecule has 0 bridgehead atoms. The number of amides is 1. The molecule has 0 spiro atoms. The minimum atomic E-state index is -0.128. The van der Waals surface area contributed by atoms with Crippen LogP contribution >= 0.6 is 0 Å². The normalized spacial score (nSPS) is 10.2. The summed E-state index contributed by atoms with van der Waals surface area (Å²) in [7, 11) is 1.76. The first-order valence-corrected chi connectivity index (χ1v) is 4.71. The van der Waals surface area contributed by atoms with E-state index in [1.165, 1.54) is 0 Å². The molecule has 0 aliphatic carbocycles. The molecule has 0 saturated heterocycles. The highest BCUT2D eigenvalue weighted by Gasteiger charge is 2.18. The standard InChI is InChI=1S/C9H15N3O2/c1-4-5-6-12(3)9(13)8-7(2)10-14-11-8/h4-6H2,1-3H3. The number of hydrogen-bond donors (Lipinski definition) is 0. The van der Waals surface area contributed by atoms with Crippen LogP contribution in [0.15, 0.2) is 4.63 Å². The Labute approximate surface area is 83.0 Å². The predicted molar refractivity (Wildman–Crippen MR) is 50.9 cm³/mol. The summed E-state index contributed by atoms with van der Waals surface area (Å²) in [5.74, 6) is -0.128. The number of hydrogen-bond acceptors (Lipinski definition) is 4. The molecule has 0 aliphatic heterocycles. The van der Waals surface area contributed by atoms with Crippen LogP contribution in [-0.2, 0) is 0 Å². The van der Waals surface area contributed by atoms with Crippen LogP contribution in [0.1, 0.15) is 35.9 Å². The second-order valence-corrected chi connectivity index (χ2v) is 3.28. The third-order valence-electron chi connectivity index (χ3n) is 2.05. The number of nitrogens with zero attached hydrogens (tertiary/aromatic N) is 3. The van der Waals surface area contributed by atoms with E-state index in [0.29, 0.717) is 11.4 Å². The topological polar surface area (TPSA) is 59.2 Å². The summed E-state index contributed by atoms with van der Waals surface area (Å²) in [6.07, 6.45) is 2.06. The van der Waals surface area contributed by atoms with Gasteiger partial charge in [-0.25, -0.2) is 4.63 Å². The number of carbonyl (C=O) groups is 1. The van der Waals surface area contributed by atoms with Gasteiger partial charge in [0.15, 0.2) is 5.69 Å². The van der Waals surface area contributed by atoms with Gasteiger partial charge in [-0.05, 0) is 18.5 Å². The second-order valence-electron chi connectivity index (χ2n) is 3.28. The van der Waals surface area contributed by atoms with Gasteiger partial charge in [-0.3, -0.25) is 4.79 Å². The van der Waals surface area contributed by atoms with Gasteiger partial charge in [0.1, 0.15) is 5.69 Å². The lowest BCUT2D eigenvalue weighted by Crippen LogP contribution is -2.28. The molecule has 0 fully saturated rings. The number of rotatable bonds is 4. The van der Waals surface area contributed by atoms with E-state index in [-0.39, 0.29) is 5.91 Å². The third-order valence-corrected chi connectivity index (χ3v) is 2.05. The van der Waals surface area contributed by atoms with E-state index in [2.05, 4.69) is 21.9 Å². The van der Waals surface area contributed by atoms with Gasteiger partial charge < -0.3 is 4.90 Å². The van der Waals surface area contributed by atoms with E-state index in [0.717, 1.165) is 19.4 Å². The highest BCUT2D eigenvalue weighted by atomic mass is 16.6. The predicted octanol–water partition coefficient (Wildman–Crippen LogP) is 1.25. The van der Waals surface area contributed by atoms with Gasteiger partial charge in [0.25, 0.3) is 5.91 Å². The second kappa shape index (κ2) is 4.74. The van der Waals surface area contributed by atoms with Gasteiger partial charge in [-0.1, -0.05) is 18.5 Å². The molecule has 0 aromatic carbocycles. The van der Waals surface area contributed by atoms with Crippen LogP contribution in [0.25, 0.3) is 0 Å². The Kier molecular flexibility index (Phi) is 3.62. The average molecular weight is 197 g/mol. The number of carbonyl (C=O) groups excluding carboxylic acids is 1. The summed E-state index contributed by atoms with van der Waals surface area (Å²) < 4.78 is 4.47. The maximum absolute atomic E-state index is 11.7. The fourth-order valence-electron chi connectivity index (χ4n) is 1.10. The molecule has 5 heteroatoms. The molecule has 0 aliphatic rings. The summed E-state index contributed by atoms with van der Waals surface area (Å²) in [5.41, 5.74) is 0.849. The minimum absolute atomic E-state index is 0.128. The zero-order valence-corrected chi connectivity index (χ0v) is 8.78. The van der Waals surface area contributed by atoms with E-state index in [9.17, 15) is 4.79 Å². The Morgan fingerprint density at radius 3 is 2.71 bits per heavy atom. The lowest BCUT2D eigenvalue weighted by molar-refractivity contribution is 0.0781. The zero-order valence-electron chi connectivity index (χ0n) is 8.78.